The van der Waals surface area contributed by atoms with Crippen molar-refractivity contribution < 1.29 is 20.4 Å². The Kier molecular flexibility index (Phi) is 3.04. The zero-order chi connectivity index (χ0) is 16.3. The summed E-state index contributed by atoms with van der Waals surface area (Å²) in [5.74, 6) is 0.518. The molecule has 6 nitrogen and oxygen atoms in total. The molecular formula is C17H22N2O4. The molecular weight excluding hydrogens is 296 g/mol. The van der Waals surface area contributed by atoms with Crippen molar-refractivity contribution in [3.63, 3.8) is 0 Å². The minimum atomic E-state index is -0.110. The van der Waals surface area contributed by atoms with E-state index >= 15 is 0 Å². The van der Waals surface area contributed by atoms with E-state index in [4.69, 9.17) is 0 Å². The van der Waals surface area contributed by atoms with Crippen LogP contribution in [-0.2, 0) is 32.7 Å². The van der Waals surface area contributed by atoms with Crippen LogP contribution in [0.4, 0.5) is 0 Å². The van der Waals surface area contributed by atoms with Crippen molar-refractivity contribution in [2.75, 3.05) is 0 Å². The van der Waals surface area contributed by atoms with Gasteiger partial charge in [0.25, 0.3) is 0 Å². The molecule has 1 atom stereocenters. The van der Waals surface area contributed by atoms with Gasteiger partial charge in [0.15, 0.2) is 23.5 Å². The van der Waals surface area contributed by atoms with E-state index in [2.05, 4.69) is 0 Å². The summed E-state index contributed by atoms with van der Waals surface area (Å²) >= 11 is 0. The van der Waals surface area contributed by atoms with Gasteiger partial charge in [-0.2, -0.15) is 0 Å². The first-order chi connectivity index (χ1) is 11.0. The van der Waals surface area contributed by atoms with E-state index in [0.717, 1.165) is 42.4 Å². The number of aromatic hydroxyl groups is 4. The third kappa shape index (κ3) is 1.87. The van der Waals surface area contributed by atoms with Crippen molar-refractivity contribution >= 4 is 0 Å². The highest BCUT2D eigenvalue weighted by molar-refractivity contribution is 5.50. The molecule has 0 aliphatic heterocycles. The van der Waals surface area contributed by atoms with Crippen LogP contribution in [-0.4, -0.2) is 29.6 Å². The number of fused-ring (bicyclic) bond motifs is 2. The standard InChI is InChI=1S/C17H22N2O4/c1-18-14(20)12-7-6-9(8-13(12)15(18)21)19-16(22)10-4-2-3-5-11(10)17(19)23/h9,20-23H,2-8H2,1H3. The van der Waals surface area contributed by atoms with Crippen LogP contribution < -0.4 is 0 Å². The SMILES string of the molecule is Cn1c(O)c2c(c1O)CC(n1c(O)c3c(c1O)CCCC3)CC2. The van der Waals surface area contributed by atoms with Crippen LogP contribution in [0.15, 0.2) is 0 Å². The molecule has 0 radical (unpaired) electrons. The lowest BCUT2D eigenvalue weighted by molar-refractivity contribution is 0.310. The van der Waals surface area contributed by atoms with E-state index in [9.17, 15) is 20.4 Å². The van der Waals surface area contributed by atoms with E-state index in [1.54, 1.807) is 11.6 Å². The first kappa shape index (κ1) is 14.4. The monoisotopic (exact) mass is 318 g/mol. The van der Waals surface area contributed by atoms with Crippen LogP contribution in [0.25, 0.3) is 0 Å². The topological polar surface area (TPSA) is 90.8 Å². The second-order valence-corrected chi connectivity index (χ2v) is 6.74. The van der Waals surface area contributed by atoms with Crippen molar-refractivity contribution in [3.8, 4) is 23.5 Å². The summed E-state index contributed by atoms with van der Waals surface area (Å²) in [6.07, 6.45) is 5.48. The zero-order valence-electron chi connectivity index (χ0n) is 13.2. The Hall–Kier alpha value is -2.24. The highest BCUT2D eigenvalue weighted by atomic mass is 16.3. The van der Waals surface area contributed by atoms with Gasteiger partial charge in [-0.25, -0.2) is 0 Å². The summed E-state index contributed by atoms with van der Waals surface area (Å²) in [5.41, 5.74) is 3.24. The van der Waals surface area contributed by atoms with E-state index in [1.165, 1.54) is 4.57 Å². The Labute approximate surface area is 134 Å². The molecule has 0 fully saturated rings. The number of hydrogen-bond acceptors (Lipinski definition) is 4. The number of rotatable bonds is 1. The molecule has 0 bridgehead atoms. The van der Waals surface area contributed by atoms with Gasteiger partial charge in [0, 0.05) is 35.3 Å². The first-order valence-corrected chi connectivity index (χ1v) is 8.22. The summed E-state index contributed by atoms with van der Waals surface area (Å²) in [6.45, 7) is 0. The zero-order valence-corrected chi connectivity index (χ0v) is 13.2. The molecule has 2 heterocycles. The Bertz CT molecular complexity index is 758. The van der Waals surface area contributed by atoms with Gasteiger partial charge in [-0.15, -0.1) is 0 Å². The molecule has 1 unspecified atom stereocenters. The van der Waals surface area contributed by atoms with Gasteiger partial charge in [0.1, 0.15) is 0 Å². The predicted octanol–water partition coefficient (Wildman–Crippen LogP) is 2.26. The first-order valence-electron chi connectivity index (χ1n) is 8.22. The second-order valence-electron chi connectivity index (χ2n) is 6.74. The van der Waals surface area contributed by atoms with Gasteiger partial charge in [-0.3, -0.25) is 9.13 Å². The molecule has 2 aromatic rings. The largest absolute Gasteiger partial charge is 0.494 e. The summed E-state index contributed by atoms with van der Waals surface area (Å²) < 4.78 is 3.01. The third-order valence-electron chi connectivity index (χ3n) is 5.54. The van der Waals surface area contributed by atoms with Crippen molar-refractivity contribution in [2.45, 2.75) is 51.0 Å². The van der Waals surface area contributed by atoms with Crippen molar-refractivity contribution in [3.05, 3.63) is 22.3 Å². The molecule has 0 amide bonds. The quantitative estimate of drug-likeness (QED) is 0.649. The van der Waals surface area contributed by atoms with Gasteiger partial charge in [-0.1, -0.05) is 0 Å². The van der Waals surface area contributed by atoms with Crippen LogP contribution in [0.3, 0.4) is 0 Å². The minimum absolute atomic E-state index is 0.0677. The highest BCUT2D eigenvalue weighted by Gasteiger charge is 2.33. The molecule has 4 N–H and O–H groups in total. The molecule has 0 saturated carbocycles. The Morgan fingerprint density at radius 2 is 1.26 bits per heavy atom. The fraction of sp³-hybridized carbons (Fsp3) is 0.529. The number of aromatic nitrogens is 2. The van der Waals surface area contributed by atoms with E-state index < -0.39 is 0 Å². The fourth-order valence-electron chi connectivity index (χ4n) is 4.26. The molecule has 23 heavy (non-hydrogen) atoms. The second kappa shape index (κ2) is 4.88. The fourth-order valence-corrected chi connectivity index (χ4v) is 4.26. The van der Waals surface area contributed by atoms with Crippen LogP contribution in [0.2, 0.25) is 0 Å². The molecule has 0 saturated heterocycles. The summed E-state index contributed by atoms with van der Waals surface area (Å²) in [7, 11) is 1.63. The van der Waals surface area contributed by atoms with E-state index in [1.807, 2.05) is 0 Å². The van der Waals surface area contributed by atoms with Crippen LogP contribution in [0, 0.1) is 0 Å². The normalized spacial score (nSPS) is 20.3. The highest BCUT2D eigenvalue weighted by Crippen LogP contribution is 2.46. The third-order valence-corrected chi connectivity index (χ3v) is 5.54. The molecule has 2 aliphatic carbocycles. The lowest BCUT2D eigenvalue weighted by Crippen LogP contribution is -2.17. The van der Waals surface area contributed by atoms with Crippen LogP contribution >= 0.6 is 0 Å². The predicted molar refractivity (Wildman–Crippen MR) is 84.2 cm³/mol. The average molecular weight is 318 g/mol. The van der Waals surface area contributed by atoms with Crippen molar-refractivity contribution in [1.82, 2.24) is 9.13 Å². The maximum Gasteiger partial charge on any atom is 0.197 e. The lowest BCUT2D eigenvalue weighted by Gasteiger charge is -2.25. The molecule has 0 spiro atoms. The average Bonchev–Trinajstić information content (AvgIpc) is 2.95. The van der Waals surface area contributed by atoms with Crippen LogP contribution in [0.5, 0.6) is 23.5 Å². The van der Waals surface area contributed by atoms with Gasteiger partial charge in [-0.05, 0) is 44.9 Å². The van der Waals surface area contributed by atoms with Gasteiger partial charge in [0.05, 0.1) is 0 Å². The summed E-state index contributed by atoms with van der Waals surface area (Å²) in [4.78, 5) is 0. The molecule has 2 aliphatic rings. The molecule has 0 aromatic carbocycles. The minimum Gasteiger partial charge on any atom is -0.494 e. The van der Waals surface area contributed by atoms with E-state index in [0.29, 0.717) is 24.8 Å². The number of nitrogens with zero attached hydrogens (tertiary/aromatic N) is 2. The summed E-state index contributed by atoms with van der Waals surface area (Å²) in [6, 6.07) is -0.110. The molecule has 4 rings (SSSR count). The molecule has 124 valence electrons. The van der Waals surface area contributed by atoms with Crippen molar-refractivity contribution in [2.24, 2.45) is 7.05 Å². The molecule has 6 heteroatoms. The summed E-state index contributed by atoms with van der Waals surface area (Å²) in [5, 5.41) is 41.4. The number of hydrogen-bond donors (Lipinski definition) is 4. The molecule has 2 aromatic heterocycles. The van der Waals surface area contributed by atoms with Crippen LogP contribution in [0.1, 0.15) is 47.6 Å². The Balaban J connectivity index is 1.76. The van der Waals surface area contributed by atoms with E-state index in [-0.39, 0.29) is 29.6 Å². The van der Waals surface area contributed by atoms with Gasteiger partial charge >= 0.3 is 0 Å². The maximum absolute atomic E-state index is 10.6. The smallest absolute Gasteiger partial charge is 0.197 e. The Morgan fingerprint density at radius 3 is 1.87 bits per heavy atom. The maximum atomic E-state index is 10.6. The Morgan fingerprint density at radius 1 is 0.739 bits per heavy atom. The van der Waals surface area contributed by atoms with Gasteiger partial charge < -0.3 is 20.4 Å². The van der Waals surface area contributed by atoms with Crippen molar-refractivity contribution in [1.29, 1.82) is 0 Å². The lowest BCUT2D eigenvalue weighted by atomic mass is 9.90. The van der Waals surface area contributed by atoms with Gasteiger partial charge in [0.2, 0.25) is 0 Å².